The van der Waals surface area contributed by atoms with Gasteiger partial charge in [-0.3, -0.25) is 4.79 Å². The predicted octanol–water partition coefficient (Wildman–Crippen LogP) is 1.34. The SMILES string of the molecule is CCOC(=O)C(C)NCC1(C)CCOCC1. The van der Waals surface area contributed by atoms with Gasteiger partial charge < -0.3 is 14.8 Å². The van der Waals surface area contributed by atoms with Gasteiger partial charge in [-0.2, -0.15) is 0 Å². The molecule has 0 amide bonds. The zero-order valence-electron chi connectivity index (χ0n) is 10.5. The van der Waals surface area contributed by atoms with Crippen molar-refractivity contribution in [3.63, 3.8) is 0 Å². The Morgan fingerprint density at radius 1 is 1.50 bits per heavy atom. The molecule has 1 aliphatic heterocycles. The third-order valence-electron chi connectivity index (χ3n) is 3.18. The summed E-state index contributed by atoms with van der Waals surface area (Å²) in [7, 11) is 0. The maximum atomic E-state index is 11.4. The second kappa shape index (κ2) is 6.21. The molecule has 0 bridgehead atoms. The predicted molar refractivity (Wildman–Crippen MR) is 62.3 cm³/mol. The lowest BCUT2D eigenvalue weighted by Gasteiger charge is -2.34. The van der Waals surface area contributed by atoms with E-state index >= 15 is 0 Å². The molecule has 0 aromatic heterocycles. The molecule has 1 unspecified atom stereocenters. The van der Waals surface area contributed by atoms with Gasteiger partial charge in [0.25, 0.3) is 0 Å². The highest BCUT2D eigenvalue weighted by atomic mass is 16.5. The molecule has 94 valence electrons. The minimum absolute atomic E-state index is 0.168. The van der Waals surface area contributed by atoms with Crippen molar-refractivity contribution in [1.29, 1.82) is 0 Å². The number of nitrogens with one attached hydrogen (secondary N) is 1. The van der Waals surface area contributed by atoms with Gasteiger partial charge in [-0.25, -0.2) is 0 Å². The van der Waals surface area contributed by atoms with Gasteiger partial charge in [-0.05, 0) is 32.1 Å². The van der Waals surface area contributed by atoms with Gasteiger partial charge in [0.15, 0.2) is 0 Å². The van der Waals surface area contributed by atoms with Crippen LogP contribution in [-0.2, 0) is 14.3 Å². The largest absolute Gasteiger partial charge is 0.465 e. The Morgan fingerprint density at radius 3 is 2.69 bits per heavy atom. The topological polar surface area (TPSA) is 47.6 Å². The van der Waals surface area contributed by atoms with E-state index in [1.807, 2.05) is 13.8 Å². The van der Waals surface area contributed by atoms with Gasteiger partial charge in [-0.15, -0.1) is 0 Å². The van der Waals surface area contributed by atoms with Crippen LogP contribution in [0.3, 0.4) is 0 Å². The van der Waals surface area contributed by atoms with Crippen molar-refractivity contribution in [1.82, 2.24) is 5.32 Å². The molecule has 1 heterocycles. The van der Waals surface area contributed by atoms with E-state index in [2.05, 4.69) is 12.2 Å². The summed E-state index contributed by atoms with van der Waals surface area (Å²) in [5.41, 5.74) is 0.249. The highest BCUT2D eigenvalue weighted by Gasteiger charge is 2.28. The van der Waals surface area contributed by atoms with Crippen LogP contribution < -0.4 is 5.32 Å². The lowest BCUT2D eigenvalue weighted by molar-refractivity contribution is -0.145. The molecule has 1 fully saturated rings. The van der Waals surface area contributed by atoms with Crippen molar-refractivity contribution in [3.8, 4) is 0 Å². The average Bonchev–Trinajstić information content (AvgIpc) is 2.27. The van der Waals surface area contributed by atoms with Crippen LogP contribution in [0.15, 0.2) is 0 Å². The molecular weight excluding hydrogens is 206 g/mol. The van der Waals surface area contributed by atoms with Gasteiger partial charge >= 0.3 is 5.97 Å². The molecule has 4 heteroatoms. The fraction of sp³-hybridized carbons (Fsp3) is 0.917. The van der Waals surface area contributed by atoms with E-state index in [1.165, 1.54) is 0 Å². The molecule has 0 radical (unpaired) electrons. The zero-order valence-corrected chi connectivity index (χ0v) is 10.5. The molecular formula is C12H23NO3. The lowest BCUT2D eigenvalue weighted by atomic mass is 9.82. The number of carbonyl (C=O) groups is 1. The van der Waals surface area contributed by atoms with Gasteiger partial charge in [-0.1, -0.05) is 6.92 Å². The molecule has 0 aromatic carbocycles. The summed E-state index contributed by atoms with van der Waals surface area (Å²) in [5, 5.41) is 3.25. The quantitative estimate of drug-likeness (QED) is 0.723. The van der Waals surface area contributed by atoms with Crippen LogP contribution in [0.25, 0.3) is 0 Å². The summed E-state index contributed by atoms with van der Waals surface area (Å²) in [6.07, 6.45) is 2.10. The van der Waals surface area contributed by atoms with Crippen molar-refractivity contribution in [3.05, 3.63) is 0 Å². The number of ether oxygens (including phenoxy) is 2. The minimum Gasteiger partial charge on any atom is -0.465 e. The molecule has 0 spiro atoms. The maximum absolute atomic E-state index is 11.4. The molecule has 1 saturated heterocycles. The number of hydrogen-bond donors (Lipinski definition) is 1. The van der Waals surface area contributed by atoms with Crippen molar-refractivity contribution in [2.75, 3.05) is 26.4 Å². The van der Waals surface area contributed by atoms with E-state index in [0.717, 1.165) is 32.6 Å². The smallest absolute Gasteiger partial charge is 0.322 e. The third kappa shape index (κ3) is 4.10. The van der Waals surface area contributed by atoms with E-state index in [1.54, 1.807) is 0 Å². The number of hydrogen-bond acceptors (Lipinski definition) is 4. The van der Waals surface area contributed by atoms with Crippen LogP contribution in [0.1, 0.15) is 33.6 Å². The van der Waals surface area contributed by atoms with E-state index < -0.39 is 0 Å². The van der Waals surface area contributed by atoms with Gasteiger partial charge in [0, 0.05) is 19.8 Å². The molecule has 1 rings (SSSR count). The lowest BCUT2D eigenvalue weighted by Crippen LogP contribution is -2.43. The Kier molecular flexibility index (Phi) is 5.22. The van der Waals surface area contributed by atoms with Crippen molar-refractivity contribution in [2.45, 2.75) is 39.7 Å². The Bertz CT molecular complexity index is 224. The van der Waals surface area contributed by atoms with Crippen molar-refractivity contribution < 1.29 is 14.3 Å². The molecule has 4 nitrogen and oxygen atoms in total. The van der Waals surface area contributed by atoms with E-state index in [0.29, 0.717) is 6.61 Å². The first-order chi connectivity index (χ1) is 7.57. The molecule has 1 atom stereocenters. The molecule has 0 aromatic rings. The molecule has 1 aliphatic rings. The second-order valence-corrected chi connectivity index (χ2v) is 4.78. The first-order valence-corrected chi connectivity index (χ1v) is 6.05. The Morgan fingerprint density at radius 2 is 2.12 bits per heavy atom. The Labute approximate surface area is 97.7 Å². The van der Waals surface area contributed by atoms with Gasteiger partial charge in [0.05, 0.1) is 6.61 Å². The summed E-state index contributed by atoms with van der Waals surface area (Å²) < 4.78 is 10.3. The Hall–Kier alpha value is -0.610. The highest BCUT2D eigenvalue weighted by Crippen LogP contribution is 2.28. The van der Waals surface area contributed by atoms with Crippen LogP contribution in [0.4, 0.5) is 0 Å². The number of rotatable bonds is 5. The van der Waals surface area contributed by atoms with Crippen LogP contribution in [0.5, 0.6) is 0 Å². The van der Waals surface area contributed by atoms with Crippen LogP contribution >= 0.6 is 0 Å². The van der Waals surface area contributed by atoms with E-state index in [9.17, 15) is 4.79 Å². The third-order valence-corrected chi connectivity index (χ3v) is 3.18. The van der Waals surface area contributed by atoms with Crippen LogP contribution in [0, 0.1) is 5.41 Å². The van der Waals surface area contributed by atoms with Crippen molar-refractivity contribution in [2.24, 2.45) is 5.41 Å². The van der Waals surface area contributed by atoms with Crippen molar-refractivity contribution >= 4 is 5.97 Å². The standard InChI is InChI=1S/C12H23NO3/c1-4-16-11(14)10(2)13-9-12(3)5-7-15-8-6-12/h10,13H,4-9H2,1-3H3. The van der Waals surface area contributed by atoms with Crippen LogP contribution in [-0.4, -0.2) is 38.4 Å². The van der Waals surface area contributed by atoms with Gasteiger partial charge in [0.1, 0.15) is 6.04 Å². The summed E-state index contributed by atoms with van der Waals surface area (Å²) in [4.78, 5) is 11.4. The minimum atomic E-state index is -0.223. The number of esters is 1. The van der Waals surface area contributed by atoms with E-state index in [-0.39, 0.29) is 17.4 Å². The fourth-order valence-electron chi connectivity index (χ4n) is 1.79. The number of carbonyl (C=O) groups excluding carboxylic acids is 1. The summed E-state index contributed by atoms with van der Waals surface area (Å²) >= 11 is 0. The fourth-order valence-corrected chi connectivity index (χ4v) is 1.79. The van der Waals surface area contributed by atoms with Gasteiger partial charge in [0.2, 0.25) is 0 Å². The molecule has 0 saturated carbocycles. The van der Waals surface area contributed by atoms with E-state index in [4.69, 9.17) is 9.47 Å². The molecule has 0 aliphatic carbocycles. The zero-order chi connectivity index (χ0) is 12.0. The Balaban J connectivity index is 2.29. The summed E-state index contributed by atoms with van der Waals surface area (Å²) in [6, 6.07) is -0.223. The molecule has 16 heavy (non-hydrogen) atoms. The summed E-state index contributed by atoms with van der Waals surface area (Å²) in [6.45, 7) is 8.84. The monoisotopic (exact) mass is 229 g/mol. The average molecular weight is 229 g/mol. The first kappa shape index (κ1) is 13.5. The first-order valence-electron chi connectivity index (χ1n) is 6.05. The highest BCUT2D eigenvalue weighted by molar-refractivity contribution is 5.75. The van der Waals surface area contributed by atoms with Crippen LogP contribution in [0.2, 0.25) is 0 Å². The maximum Gasteiger partial charge on any atom is 0.322 e. The normalized spacial score (nSPS) is 21.4. The summed E-state index contributed by atoms with van der Waals surface area (Å²) in [5.74, 6) is -0.168. The molecule has 1 N–H and O–H groups in total. The second-order valence-electron chi connectivity index (χ2n) is 4.78.